The lowest BCUT2D eigenvalue weighted by atomic mass is 9.94. The van der Waals surface area contributed by atoms with Crippen LogP contribution in [0.1, 0.15) is 30.0 Å². The smallest absolute Gasteiger partial charge is 0.338 e. The third-order valence-corrected chi connectivity index (χ3v) is 5.91. The van der Waals surface area contributed by atoms with Crippen LogP contribution in [0.5, 0.6) is 0 Å². The second kappa shape index (κ2) is 7.93. The number of aliphatic imine (C=N–C) groups is 1. The van der Waals surface area contributed by atoms with Gasteiger partial charge in [-0.3, -0.25) is 4.99 Å². The van der Waals surface area contributed by atoms with E-state index in [0.29, 0.717) is 40.6 Å². The van der Waals surface area contributed by atoms with Crippen LogP contribution in [0.4, 0.5) is 4.39 Å². The van der Waals surface area contributed by atoms with Crippen LogP contribution in [-0.2, 0) is 9.53 Å². The molecule has 0 radical (unpaired) electrons. The number of carbonyl (C=O) groups is 1. The number of nitriles is 1. The zero-order chi connectivity index (χ0) is 20.5. The van der Waals surface area contributed by atoms with E-state index in [-0.39, 0.29) is 17.5 Å². The first-order valence-corrected chi connectivity index (χ1v) is 10.3. The SMILES string of the molecule is CCOC(=O)C1=C2CC(C#N)CN2C(c2nccs2)=N[C@H]1c1ccc(F)cc1Cl. The van der Waals surface area contributed by atoms with Crippen molar-refractivity contribution in [2.45, 2.75) is 19.4 Å². The first-order valence-electron chi connectivity index (χ1n) is 9.03. The summed E-state index contributed by atoms with van der Waals surface area (Å²) in [4.78, 5) is 23.9. The summed E-state index contributed by atoms with van der Waals surface area (Å²) < 4.78 is 18.9. The van der Waals surface area contributed by atoms with Crippen molar-refractivity contribution in [1.29, 1.82) is 5.26 Å². The lowest BCUT2D eigenvalue weighted by Crippen LogP contribution is -2.35. The van der Waals surface area contributed by atoms with E-state index in [9.17, 15) is 14.4 Å². The molecule has 0 aliphatic carbocycles. The first-order chi connectivity index (χ1) is 14.0. The Morgan fingerprint density at radius 3 is 3.00 bits per heavy atom. The summed E-state index contributed by atoms with van der Waals surface area (Å²) in [5.74, 6) is -0.706. The maximum atomic E-state index is 13.6. The third-order valence-electron chi connectivity index (χ3n) is 4.82. The van der Waals surface area contributed by atoms with Crippen molar-refractivity contribution in [3.8, 4) is 6.07 Å². The van der Waals surface area contributed by atoms with E-state index >= 15 is 0 Å². The topological polar surface area (TPSA) is 78.6 Å². The molecule has 3 heterocycles. The van der Waals surface area contributed by atoms with Crippen molar-refractivity contribution in [2.24, 2.45) is 10.9 Å². The highest BCUT2D eigenvalue weighted by Crippen LogP contribution is 2.43. The molecule has 1 aromatic heterocycles. The quantitative estimate of drug-likeness (QED) is 0.682. The van der Waals surface area contributed by atoms with Crippen molar-refractivity contribution in [1.82, 2.24) is 9.88 Å². The molecule has 0 bridgehead atoms. The van der Waals surface area contributed by atoms with Crippen LogP contribution < -0.4 is 0 Å². The Bertz CT molecular complexity index is 1060. The van der Waals surface area contributed by atoms with Gasteiger partial charge in [-0.25, -0.2) is 14.2 Å². The average Bonchev–Trinajstić information content (AvgIpc) is 3.37. The Morgan fingerprint density at radius 1 is 1.52 bits per heavy atom. The van der Waals surface area contributed by atoms with Gasteiger partial charge in [-0.05, 0) is 19.1 Å². The predicted molar refractivity (Wildman–Crippen MR) is 107 cm³/mol. The lowest BCUT2D eigenvalue weighted by molar-refractivity contribution is -0.139. The molecule has 2 atom stereocenters. The number of thiazole rings is 1. The molecule has 1 aromatic carbocycles. The number of amidine groups is 1. The highest BCUT2D eigenvalue weighted by molar-refractivity contribution is 7.11. The highest BCUT2D eigenvalue weighted by atomic mass is 35.5. The van der Waals surface area contributed by atoms with E-state index in [0.717, 1.165) is 0 Å². The van der Waals surface area contributed by atoms with Gasteiger partial charge in [-0.1, -0.05) is 17.7 Å². The van der Waals surface area contributed by atoms with Gasteiger partial charge < -0.3 is 9.64 Å². The zero-order valence-electron chi connectivity index (χ0n) is 15.4. The van der Waals surface area contributed by atoms with Gasteiger partial charge in [0.2, 0.25) is 0 Å². The summed E-state index contributed by atoms with van der Waals surface area (Å²) >= 11 is 7.73. The molecule has 1 unspecified atom stereocenters. The molecule has 6 nitrogen and oxygen atoms in total. The number of allylic oxidation sites excluding steroid dienone is 1. The summed E-state index contributed by atoms with van der Waals surface area (Å²) in [6.07, 6.45) is 2.06. The van der Waals surface area contributed by atoms with Crippen LogP contribution >= 0.6 is 22.9 Å². The predicted octanol–water partition coefficient (Wildman–Crippen LogP) is 4.10. The monoisotopic (exact) mass is 430 g/mol. The van der Waals surface area contributed by atoms with Gasteiger partial charge in [0, 0.05) is 40.8 Å². The number of halogens is 2. The Morgan fingerprint density at radius 2 is 2.34 bits per heavy atom. The number of carbonyl (C=O) groups excluding carboxylic acids is 1. The molecule has 0 saturated carbocycles. The standard InChI is InChI=1S/C20H16ClFN4O2S/c1-2-28-20(27)16-15-7-11(9-23)10-26(15)18(19-24-5-6-29-19)25-17(16)13-4-3-12(22)8-14(13)21/h3-6,8,11,17H,2,7,10H2,1H3/t11?,17-/m0/s1. The highest BCUT2D eigenvalue weighted by Gasteiger charge is 2.42. The van der Waals surface area contributed by atoms with Crippen molar-refractivity contribution in [3.63, 3.8) is 0 Å². The van der Waals surface area contributed by atoms with Crippen molar-refractivity contribution in [2.75, 3.05) is 13.2 Å². The normalized spacial score (nSPS) is 20.9. The average molecular weight is 431 g/mol. The number of nitrogens with zero attached hydrogens (tertiary/aromatic N) is 4. The number of aromatic nitrogens is 1. The molecule has 29 heavy (non-hydrogen) atoms. The summed E-state index contributed by atoms with van der Waals surface area (Å²) in [5.41, 5.74) is 1.51. The Hall–Kier alpha value is -2.76. The number of ether oxygens (including phenoxy) is 1. The van der Waals surface area contributed by atoms with E-state index in [1.54, 1.807) is 13.1 Å². The van der Waals surface area contributed by atoms with Crippen LogP contribution in [0.2, 0.25) is 5.02 Å². The molecule has 2 aromatic rings. The lowest BCUT2D eigenvalue weighted by Gasteiger charge is -2.31. The number of fused-ring (bicyclic) bond motifs is 1. The van der Waals surface area contributed by atoms with Crippen LogP contribution in [0.15, 0.2) is 46.0 Å². The molecular weight excluding hydrogens is 415 g/mol. The van der Waals surface area contributed by atoms with Crippen molar-refractivity contribution < 1.29 is 13.9 Å². The van der Waals surface area contributed by atoms with Gasteiger partial charge in [-0.15, -0.1) is 11.3 Å². The summed E-state index contributed by atoms with van der Waals surface area (Å²) in [7, 11) is 0. The van der Waals surface area contributed by atoms with Crippen LogP contribution in [-0.4, -0.2) is 34.8 Å². The zero-order valence-corrected chi connectivity index (χ0v) is 17.0. The maximum absolute atomic E-state index is 13.6. The Labute approximate surface area is 175 Å². The molecular formula is C20H16ClFN4O2S. The van der Waals surface area contributed by atoms with Gasteiger partial charge in [0.05, 0.1) is 24.2 Å². The van der Waals surface area contributed by atoms with E-state index in [1.807, 2.05) is 10.3 Å². The largest absolute Gasteiger partial charge is 0.463 e. The second-order valence-electron chi connectivity index (χ2n) is 6.58. The maximum Gasteiger partial charge on any atom is 0.338 e. The summed E-state index contributed by atoms with van der Waals surface area (Å²) in [6.45, 7) is 2.34. The molecule has 148 valence electrons. The molecule has 0 amide bonds. The fourth-order valence-electron chi connectivity index (χ4n) is 3.60. The number of benzene rings is 1. The van der Waals surface area contributed by atoms with Gasteiger partial charge >= 0.3 is 5.97 Å². The van der Waals surface area contributed by atoms with Gasteiger partial charge in [-0.2, -0.15) is 5.26 Å². The molecule has 2 aliphatic heterocycles. The van der Waals surface area contributed by atoms with Crippen LogP contribution in [0.3, 0.4) is 0 Å². The molecule has 2 aliphatic rings. The van der Waals surface area contributed by atoms with E-state index in [2.05, 4.69) is 11.1 Å². The minimum Gasteiger partial charge on any atom is -0.463 e. The third kappa shape index (κ3) is 3.52. The number of esters is 1. The molecule has 1 fully saturated rings. The van der Waals surface area contributed by atoms with Gasteiger partial charge in [0.15, 0.2) is 10.8 Å². The van der Waals surface area contributed by atoms with Gasteiger partial charge in [0.25, 0.3) is 0 Å². The summed E-state index contributed by atoms with van der Waals surface area (Å²) in [5, 5.41) is 12.2. The molecule has 1 saturated heterocycles. The molecule has 0 N–H and O–H groups in total. The fraction of sp³-hybridized carbons (Fsp3) is 0.300. The molecule has 9 heteroatoms. The van der Waals surface area contributed by atoms with Crippen molar-refractivity contribution in [3.05, 3.63) is 62.5 Å². The van der Waals surface area contributed by atoms with E-state index in [1.165, 1.54) is 29.5 Å². The number of rotatable bonds is 4. The van der Waals surface area contributed by atoms with E-state index < -0.39 is 17.8 Å². The number of hydrogen-bond donors (Lipinski definition) is 0. The fourth-order valence-corrected chi connectivity index (χ4v) is 4.51. The Balaban J connectivity index is 1.92. The number of hydrogen-bond acceptors (Lipinski definition) is 7. The molecule has 0 spiro atoms. The van der Waals surface area contributed by atoms with Crippen LogP contribution in [0.25, 0.3) is 0 Å². The summed E-state index contributed by atoms with van der Waals surface area (Å²) in [6, 6.07) is 5.51. The van der Waals surface area contributed by atoms with Crippen molar-refractivity contribution >= 4 is 34.7 Å². The Kier molecular flexibility index (Phi) is 5.35. The van der Waals surface area contributed by atoms with E-state index in [4.69, 9.17) is 21.3 Å². The van der Waals surface area contributed by atoms with Gasteiger partial charge in [0.1, 0.15) is 11.9 Å². The minimum atomic E-state index is -0.773. The minimum absolute atomic E-state index is 0.169. The first kappa shape index (κ1) is 19.6. The van der Waals surface area contributed by atoms with Crippen LogP contribution in [0, 0.1) is 23.1 Å². The second-order valence-corrected chi connectivity index (χ2v) is 7.88. The molecule has 4 rings (SSSR count).